The highest BCUT2D eigenvalue weighted by atomic mass is 19.3. The number of ether oxygens (including phenoxy) is 2. The summed E-state index contributed by atoms with van der Waals surface area (Å²) >= 11 is 0. The van der Waals surface area contributed by atoms with Crippen LogP contribution in [0.25, 0.3) is 5.69 Å². The number of aromatic nitrogens is 5. The number of pyridine rings is 1. The smallest absolute Gasteiger partial charge is 0.387 e. The molecule has 2 aromatic heterocycles. The molecular weight excluding hydrogens is 410 g/mol. The lowest BCUT2D eigenvalue weighted by molar-refractivity contribution is -0.0501. The van der Waals surface area contributed by atoms with Crippen LogP contribution in [0.2, 0.25) is 0 Å². The largest absolute Gasteiger partial charge is 0.472 e. The molecule has 4 rings (SSSR count). The van der Waals surface area contributed by atoms with Crippen molar-refractivity contribution >= 4 is 5.91 Å². The lowest BCUT2D eigenvalue weighted by Gasteiger charge is -2.38. The van der Waals surface area contributed by atoms with E-state index in [0.717, 1.165) is 0 Å². The first-order chi connectivity index (χ1) is 15.0. The average molecular weight is 430 g/mol. The van der Waals surface area contributed by atoms with Gasteiger partial charge >= 0.3 is 6.61 Å². The van der Waals surface area contributed by atoms with E-state index >= 15 is 0 Å². The van der Waals surface area contributed by atoms with Gasteiger partial charge in [0.2, 0.25) is 5.88 Å². The molecule has 162 valence electrons. The molecule has 1 fully saturated rings. The number of hydrogen-bond donors (Lipinski definition) is 0. The van der Waals surface area contributed by atoms with Gasteiger partial charge in [0.15, 0.2) is 6.33 Å². The van der Waals surface area contributed by atoms with Crippen LogP contribution in [0.3, 0.4) is 0 Å². The molecule has 1 amide bonds. The average Bonchev–Trinajstić information content (AvgIpc) is 3.29. The molecule has 0 aliphatic carbocycles. The van der Waals surface area contributed by atoms with Gasteiger partial charge in [0.05, 0.1) is 12.1 Å². The summed E-state index contributed by atoms with van der Waals surface area (Å²) < 4.78 is 35.2. The van der Waals surface area contributed by atoms with Crippen LogP contribution in [0.4, 0.5) is 8.78 Å². The Hall–Kier alpha value is -3.63. The lowest BCUT2D eigenvalue weighted by atomic mass is 9.99. The molecule has 0 radical (unpaired) electrons. The number of benzene rings is 1. The minimum atomic E-state index is -2.93. The standard InChI is InChI=1S/C20H20F2N6O3/c1-13-6-7-15(30-18-10-14(8-9-23-18)31-20(21)22)11-27(13)19(29)16-4-2-3-5-17(16)28-25-12-24-26-28/h2-5,8-10,12-13,15,20H,6-7,11H2,1H3/t13-,15-/m1/s1. The first-order valence-electron chi connectivity index (χ1n) is 9.72. The number of amides is 1. The van der Waals surface area contributed by atoms with Crippen molar-refractivity contribution in [1.82, 2.24) is 30.1 Å². The molecule has 1 aliphatic heterocycles. The minimum absolute atomic E-state index is 0.00873. The predicted octanol–water partition coefficient (Wildman–Crippen LogP) is 2.73. The third kappa shape index (κ3) is 4.76. The molecule has 1 saturated heterocycles. The van der Waals surface area contributed by atoms with Gasteiger partial charge in [-0.2, -0.15) is 8.78 Å². The second-order valence-corrected chi connectivity index (χ2v) is 7.07. The van der Waals surface area contributed by atoms with Gasteiger partial charge in [-0.25, -0.2) is 4.98 Å². The highest BCUT2D eigenvalue weighted by Gasteiger charge is 2.32. The topological polar surface area (TPSA) is 95.3 Å². The van der Waals surface area contributed by atoms with Crippen molar-refractivity contribution in [3.05, 3.63) is 54.5 Å². The summed E-state index contributed by atoms with van der Waals surface area (Å²) in [5.41, 5.74) is 0.970. The van der Waals surface area contributed by atoms with Crippen LogP contribution in [-0.4, -0.2) is 61.3 Å². The molecule has 3 aromatic rings. The molecule has 31 heavy (non-hydrogen) atoms. The molecule has 0 spiro atoms. The fourth-order valence-corrected chi connectivity index (χ4v) is 3.52. The first-order valence-corrected chi connectivity index (χ1v) is 9.72. The van der Waals surface area contributed by atoms with Gasteiger partial charge in [-0.05, 0) is 43.2 Å². The van der Waals surface area contributed by atoms with E-state index in [1.165, 1.54) is 29.5 Å². The van der Waals surface area contributed by atoms with Crippen molar-refractivity contribution in [1.29, 1.82) is 0 Å². The second-order valence-electron chi connectivity index (χ2n) is 7.07. The molecule has 1 aliphatic rings. The number of carbonyl (C=O) groups is 1. The van der Waals surface area contributed by atoms with Crippen molar-refractivity contribution < 1.29 is 23.0 Å². The van der Waals surface area contributed by atoms with E-state index in [1.807, 2.05) is 6.92 Å². The van der Waals surface area contributed by atoms with Gasteiger partial charge in [0.1, 0.15) is 17.5 Å². The second kappa shape index (κ2) is 9.02. The summed E-state index contributed by atoms with van der Waals surface area (Å²) in [6.07, 6.45) is 3.70. The van der Waals surface area contributed by atoms with Gasteiger partial charge in [-0.15, -0.1) is 15.0 Å². The summed E-state index contributed by atoms with van der Waals surface area (Å²) in [5, 5.41) is 11.6. The van der Waals surface area contributed by atoms with E-state index < -0.39 is 6.61 Å². The van der Waals surface area contributed by atoms with E-state index in [-0.39, 0.29) is 29.7 Å². The number of para-hydroxylation sites is 1. The number of carbonyl (C=O) groups excluding carboxylic acids is 1. The number of rotatable bonds is 6. The quantitative estimate of drug-likeness (QED) is 0.593. The number of tetrazole rings is 1. The summed E-state index contributed by atoms with van der Waals surface area (Å²) in [6, 6.07) is 9.65. The van der Waals surface area contributed by atoms with Crippen molar-refractivity contribution in [2.45, 2.75) is 38.5 Å². The number of hydrogen-bond acceptors (Lipinski definition) is 7. The van der Waals surface area contributed by atoms with E-state index in [2.05, 4.69) is 25.1 Å². The predicted molar refractivity (Wildman–Crippen MR) is 104 cm³/mol. The Kier molecular flexibility index (Phi) is 6.01. The molecule has 9 nitrogen and oxygen atoms in total. The third-order valence-electron chi connectivity index (χ3n) is 5.02. The maximum atomic E-state index is 13.4. The van der Waals surface area contributed by atoms with Crippen LogP contribution in [0, 0.1) is 0 Å². The Labute approximate surface area is 176 Å². The summed E-state index contributed by atoms with van der Waals surface area (Å²) in [4.78, 5) is 20.4. The van der Waals surface area contributed by atoms with Crippen molar-refractivity contribution in [3.8, 4) is 17.3 Å². The molecule has 0 N–H and O–H groups in total. The fraction of sp³-hybridized carbons (Fsp3) is 0.350. The number of alkyl halides is 2. The Morgan fingerprint density at radius 2 is 2.06 bits per heavy atom. The summed E-state index contributed by atoms with van der Waals surface area (Å²) in [5.74, 6) is -0.0554. The zero-order valence-corrected chi connectivity index (χ0v) is 16.6. The monoisotopic (exact) mass is 430 g/mol. The van der Waals surface area contributed by atoms with E-state index in [9.17, 15) is 13.6 Å². The van der Waals surface area contributed by atoms with Crippen molar-refractivity contribution in [3.63, 3.8) is 0 Å². The Bertz CT molecular complexity index is 1030. The van der Waals surface area contributed by atoms with Crippen LogP contribution in [0.1, 0.15) is 30.1 Å². The molecule has 11 heteroatoms. The van der Waals surface area contributed by atoms with Crippen molar-refractivity contribution in [2.75, 3.05) is 6.54 Å². The third-order valence-corrected chi connectivity index (χ3v) is 5.02. The van der Waals surface area contributed by atoms with Crippen LogP contribution < -0.4 is 9.47 Å². The summed E-state index contributed by atoms with van der Waals surface area (Å²) in [6.45, 7) is -0.640. The minimum Gasteiger partial charge on any atom is -0.472 e. The number of piperidine rings is 1. The van der Waals surface area contributed by atoms with Crippen LogP contribution in [0.5, 0.6) is 11.6 Å². The van der Waals surface area contributed by atoms with Crippen molar-refractivity contribution in [2.24, 2.45) is 0 Å². The highest BCUT2D eigenvalue weighted by molar-refractivity contribution is 5.98. The van der Waals surface area contributed by atoms with E-state index in [4.69, 9.17) is 4.74 Å². The molecule has 0 saturated carbocycles. The summed E-state index contributed by atoms with van der Waals surface area (Å²) in [7, 11) is 0. The SMILES string of the molecule is C[C@@H]1CC[C@@H](Oc2cc(OC(F)F)ccn2)CN1C(=O)c1ccccc1-n1ncnn1. The zero-order chi connectivity index (χ0) is 21.8. The van der Waals surface area contributed by atoms with Gasteiger partial charge in [-0.1, -0.05) is 12.1 Å². The molecular formula is C20H20F2N6O3. The maximum absolute atomic E-state index is 13.4. The van der Waals surface area contributed by atoms with Gasteiger partial charge in [0, 0.05) is 18.3 Å². The molecule has 2 atom stereocenters. The molecule has 0 bridgehead atoms. The zero-order valence-electron chi connectivity index (χ0n) is 16.6. The Morgan fingerprint density at radius 3 is 2.84 bits per heavy atom. The van der Waals surface area contributed by atoms with Crippen LogP contribution >= 0.6 is 0 Å². The Balaban J connectivity index is 1.51. The number of nitrogens with zero attached hydrogens (tertiary/aromatic N) is 6. The molecule has 3 heterocycles. The number of likely N-dealkylation sites (tertiary alicyclic amines) is 1. The highest BCUT2D eigenvalue weighted by Crippen LogP contribution is 2.26. The van der Waals surface area contributed by atoms with Gasteiger partial charge < -0.3 is 14.4 Å². The van der Waals surface area contributed by atoms with Crippen LogP contribution in [-0.2, 0) is 0 Å². The Morgan fingerprint density at radius 1 is 1.23 bits per heavy atom. The van der Waals surface area contributed by atoms with E-state index in [1.54, 1.807) is 29.2 Å². The van der Waals surface area contributed by atoms with Crippen LogP contribution in [0.15, 0.2) is 48.9 Å². The fourth-order valence-electron chi connectivity index (χ4n) is 3.52. The molecule has 0 unspecified atom stereocenters. The first kappa shape index (κ1) is 20.6. The van der Waals surface area contributed by atoms with E-state index in [0.29, 0.717) is 30.6 Å². The maximum Gasteiger partial charge on any atom is 0.387 e. The molecule has 1 aromatic carbocycles. The normalized spacial score (nSPS) is 18.8. The number of halogens is 2. The lowest BCUT2D eigenvalue weighted by Crippen LogP contribution is -2.49. The van der Waals surface area contributed by atoms with Gasteiger partial charge in [-0.3, -0.25) is 4.79 Å². The van der Waals surface area contributed by atoms with Gasteiger partial charge in [0.25, 0.3) is 5.91 Å².